The van der Waals surface area contributed by atoms with Gasteiger partial charge in [0.25, 0.3) is 5.91 Å². The monoisotopic (exact) mass is 833 g/mol. The number of carboxylic acids is 1. The Morgan fingerprint density at radius 2 is 1.48 bits per heavy atom. The first kappa shape index (κ1) is 45.5. The molecule has 14 nitrogen and oxygen atoms in total. The van der Waals surface area contributed by atoms with Crippen molar-refractivity contribution in [3.63, 3.8) is 0 Å². The first-order valence-electron chi connectivity index (χ1n) is 20.7. The van der Waals surface area contributed by atoms with Crippen LogP contribution in [0.5, 0.6) is 11.5 Å². The summed E-state index contributed by atoms with van der Waals surface area (Å²) in [5, 5.41) is 42.4. The van der Waals surface area contributed by atoms with Crippen LogP contribution in [0.2, 0.25) is 0 Å². The molecule has 4 bridgehead atoms. The SMILES string of the molecule is CCCc1ccc(-c2ccc(C(=O)NCCC(=O)N[C@@H](CCCCN)C(=O)C(C)[C@@H]3C(=O)N[C@@H](C)C(=O)N[C@H](C(=O)O)Cc4ccc(O)c(c4)-c4cc3ccc4O)cc2)cc1. The highest BCUT2D eigenvalue weighted by Gasteiger charge is 2.37. The van der Waals surface area contributed by atoms with Gasteiger partial charge < -0.3 is 42.3 Å². The van der Waals surface area contributed by atoms with Crippen LogP contribution in [0.15, 0.2) is 84.9 Å². The van der Waals surface area contributed by atoms with E-state index < -0.39 is 59.4 Å². The summed E-state index contributed by atoms with van der Waals surface area (Å²) < 4.78 is 0. The van der Waals surface area contributed by atoms with Crippen molar-refractivity contribution in [2.75, 3.05) is 13.1 Å². The van der Waals surface area contributed by atoms with Gasteiger partial charge in [-0.05, 0) is 103 Å². The minimum absolute atomic E-state index is 0.0113. The number of benzene rings is 4. The Hall–Kier alpha value is -6.54. The fourth-order valence-corrected chi connectivity index (χ4v) is 7.54. The quantitative estimate of drug-likeness (QED) is 0.0722. The third kappa shape index (κ3) is 11.8. The number of hydrogen-bond acceptors (Lipinski definition) is 9. The van der Waals surface area contributed by atoms with Crippen molar-refractivity contribution in [1.29, 1.82) is 0 Å². The van der Waals surface area contributed by atoms with Crippen LogP contribution in [0, 0.1) is 5.92 Å². The molecule has 1 unspecified atom stereocenters. The summed E-state index contributed by atoms with van der Waals surface area (Å²) in [6.07, 6.45) is 3.02. The molecule has 0 spiro atoms. The van der Waals surface area contributed by atoms with Gasteiger partial charge in [0.15, 0.2) is 5.78 Å². The number of phenols is 2. The first-order chi connectivity index (χ1) is 29.2. The van der Waals surface area contributed by atoms with Gasteiger partial charge in [0.2, 0.25) is 17.7 Å². The lowest BCUT2D eigenvalue weighted by atomic mass is 9.79. The average Bonchev–Trinajstić information content (AvgIpc) is 3.24. The second-order valence-electron chi connectivity index (χ2n) is 15.6. The van der Waals surface area contributed by atoms with E-state index in [1.54, 1.807) is 12.1 Å². The molecule has 4 aromatic rings. The number of rotatable bonds is 16. The average molecular weight is 834 g/mol. The number of carbonyl (C=O) groups is 6. The molecule has 5 rings (SSSR count). The molecular weight excluding hydrogens is 779 g/mol. The Labute approximate surface area is 355 Å². The summed E-state index contributed by atoms with van der Waals surface area (Å²) in [7, 11) is 0. The lowest BCUT2D eigenvalue weighted by molar-refractivity contribution is -0.142. The Kier molecular flexibility index (Phi) is 15.8. The predicted octanol–water partition coefficient (Wildman–Crippen LogP) is 4.74. The summed E-state index contributed by atoms with van der Waals surface area (Å²) in [5.74, 6) is -7.07. The van der Waals surface area contributed by atoms with E-state index in [-0.39, 0.29) is 59.9 Å². The zero-order chi connectivity index (χ0) is 44.2. The summed E-state index contributed by atoms with van der Waals surface area (Å²) in [4.78, 5) is 80.3. The number of aromatic hydroxyl groups is 2. The number of nitrogens with two attached hydrogens (primary N) is 1. The highest BCUT2D eigenvalue weighted by atomic mass is 16.4. The van der Waals surface area contributed by atoms with Crippen LogP contribution in [0.3, 0.4) is 0 Å². The molecule has 4 amide bonds. The minimum atomic E-state index is -1.39. The lowest BCUT2D eigenvalue weighted by Gasteiger charge is -2.29. The molecule has 9 N–H and O–H groups in total. The number of nitrogens with one attached hydrogen (secondary N) is 4. The standard InChI is InChI=1S/C47H55N5O9/c1-4-7-29-9-12-31(13-10-29)32-14-16-33(17-15-32)45(58)49-23-21-41(55)51-37(8-5-6-22-48)43(56)27(2)42-34-18-20-40(54)36(26-34)35-24-30(11-19-39(35)53)25-38(47(60)61)52-44(57)28(3)50-46(42)59/h9-20,24,26-28,37-38,42,53-54H,4-8,21-23,25,48H2,1-3H3,(H,49,58)(H,50,59)(H,51,55)(H,52,57)(H,60,61)/t27?,28-,37-,38-,42-/m0/s1. The van der Waals surface area contributed by atoms with E-state index in [4.69, 9.17) is 5.73 Å². The van der Waals surface area contributed by atoms with Crippen LogP contribution < -0.4 is 27.0 Å². The maximum Gasteiger partial charge on any atom is 0.326 e. The van der Waals surface area contributed by atoms with Crippen LogP contribution in [-0.2, 0) is 36.8 Å². The van der Waals surface area contributed by atoms with Crippen molar-refractivity contribution >= 4 is 35.4 Å². The molecule has 1 aliphatic heterocycles. The molecule has 0 saturated carbocycles. The second kappa shape index (κ2) is 21.1. The van der Waals surface area contributed by atoms with Crippen LogP contribution in [0.1, 0.15) is 85.8 Å². The number of amides is 4. The van der Waals surface area contributed by atoms with E-state index >= 15 is 0 Å². The smallest absolute Gasteiger partial charge is 0.326 e. The van der Waals surface area contributed by atoms with Crippen molar-refractivity contribution in [1.82, 2.24) is 21.3 Å². The number of carboxylic acid groups (broad SMARTS) is 1. The van der Waals surface area contributed by atoms with E-state index in [1.165, 1.54) is 55.8 Å². The number of aliphatic carboxylic acids is 1. The molecule has 0 radical (unpaired) electrons. The van der Waals surface area contributed by atoms with Crippen molar-refractivity contribution < 1.29 is 44.1 Å². The number of ketones is 1. The highest BCUT2D eigenvalue weighted by molar-refractivity contribution is 5.99. The third-order valence-electron chi connectivity index (χ3n) is 11.0. The van der Waals surface area contributed by atoms with Gasteiger partial charge in [-0.25, -0.2) is 4.79 Å². The fraction of sp³-hybridized carbons (Fsp3) is 0.362. The summed E-state index contributed by atoms with van der Waals surface area (Å²) >= 11 is 0. The minimum Gasteiger partial charge on any atom is -0.507 e. The van der Waals surface area contributed by atoms with Gasteiger partial charge >= 0.3 is 5.97 Å². The highest BCUT2D eigenvalue weighted by Crippen LogP contribution is 2.40. The van der Waals surface area contributed by atoms with Gasteiger partial charge in [-0.1, -0.05) is 68.8 Å². The van der Waals surface area contributed by atoms with Gasteiger partial charge in [-0.15, -0.1) is 0 Å². The third-order valence-corrected chi connectivity index (χ3v) is 11.0. The maximum absolute atomic E-state index is 14.4. The topological polar surface area (TPSA) is 237 Å². The van der Waals surface area contributed by atoms with E-state index in [1.807, 2.05) is 12.1 Å². The van der Waals surface area contributed by atoms with Gasteiger partial charge in [-0.2, -0.15) is 0 Å². The Balaban J connectivity index is 1.33. The molecule has 0 aromatic heterocycles. The molecule has 1 heterocycles. The number of phenolic OH excluding ortho intramolecular Hbond substituents is 2. The van der Waals surface area contributed by atoms with E-state index in [9.17, 15) is 44.1 Å². The number of unbranched alkanes of at least 4 members (excludes halogenated alkanes) is 1. The first-order valence-corrected chi connectivity index (χ1v) is 20.7. The molecule has 0 saturated heterocycles. The van der Waals surface area contributed by atoms with Crippen LogP contribution in [-0.4, -0.2) is 81.9 Å². The molecule has 14 heteroatoms. The van der Waals surface area contributed by atoms with Crippen LogP contribution in [0.25, 0.3) is 22.3 Å². The Bertz CT molecular complexity index is 2220. The zero-order valence-electron chi connectivity index (χ0n) is 34.7. The van der Waals surface area contributed by atoms with Crippen molar-refractivity contribution in [2.45, 2.75) is 89.8 Å². The molecule has 0 aliphatic carbocycles. The fourth-order valence-electron chi connectivity index (χ4n) is 7.54. The zero-order valence-corrected chi connectivity index (χ0v) is 34.7. The second-order valence-corrected chi connectivity index (χ2v) is 15.6. The van der Waals surface area contributed by atoms with Crippen molar-refractivity contribution in [2.24, 2.45) is 11.7 Å². The van der Waals surface area contributed by atoms with Crippen LogP contribution in [0.4, 0.5) is 0 Å². The number of carbonyl (C=O) groups excluding carboxylic acids is 5. The van der Waals surface area contributed by atoms with Gasteiger partial charge in [-0.3, -0.25) is 24.0 Å². The molecule has 1 aliphatic rings. The van der Waals surface area contributed by atoms with Gasteiger partial charge in [0.1, 0.15) is 23.6 Å². The molecular formula is C47H55N5O9. The predicted molar refractivity (Wildman–Crippen MR) is 231 cm³/mol. The van der Waals surface area contributed by atoms with E-state index in [0.717, 1.165) is 24.0 Å². The van der Waals surface area contributed by atoms with Crippen LogP contribution >= 0.6 is 0 Å². The maximum atomic E-state index is 14.4. The number of hydrogen-bond donors (Lipinski definition) is 8. The molecule has 61 heavy (non-hydrogen) atoms. The Morgan fingerprint density at radius 3 is 2.11 bits per heavy atom. The van der Waals surface area contributed by atoms with E-state index in [2.05, 4.69) is 52.5 Å². The molecule has 4 aromatic carbocycles. The lowest BCUT2D eigenvalue weighted by Crippen LogP contribution is -2.53. The van der Waals surface area contributed by atoms with E-state index in [0.29, 0.717) is 30.5 Å². The molecule has 322 valence electrons. The largest absolute Gasteiger partial charge is 0.507 e. The van der Waals surface area contributed by atoms with Crippen molar-refractivity contribution in [3.8, 4) is 33.8 Å². The normalized spacial score (nSPS) is 17.5. The summed E-state index contributed by atoms with van der Waals surface area (Å²) in [5.41, 5.74) is 10.4. The van der Waals surface area contributed by atoms with Gasteiger partial charge in [0.05, 0.1) is 12.0 Å². The number of Topliss-reactive ketones (excluding diaryl/α,β-unsaturated/α-hetero) is 1. The summed E-state index contributed by atoms with van der Waals surface area (Å²) in [6.45, 7) is 5.39. The molecule has 5 atom stereocenters. The van der Waals surface area contributed by atoms with Gasteiger partial charge in [0, 0.05) is 42.0 Å². The Morgan fingerprint density at radius 1 is 0.836 bits per heavy atom. The number of aryl methyl sites for hydroxylation is 1. The number of fused-ring (bicyclic) bond motifs is 5. The van der Waals surface area contributed by atoms with Crippen molar-refractivity contribution in [3.05, 3.63) is 107 Å². The molecule has 0 fully saturated rings. The summed E-state index contributed by atoms with van der Waals surface area (Å²) in [6, 6.07) is 20.4.